The second kappa shape index (κ2) is 5.27. The van der Waals surface area contributed by atoms with Crippen molar-refractivity contribution in [2.75, 3.05) is 18.8 Å². The molecule has 0 aromatic heterocycles. The Kier molecular flexibility index (Phi) is 3.84. The summed E-state index contributed by atoms with van der Waals surface area (Å²) in [7, 11) is 0. The third-order valence-electron chi connectivity index (χ3n) is 3.70. The molecule has 0 atom stereocenters. The molecule has 108 valence electrons. The van der Waals surface area contributed by atoms with Gasteiger partial charge in [0.15, 0.2) is 0 Å². The van der Waals surface area contributed by atoms with Crippen LogP contribution in [0.3, 0.4) is 0 Å². The maximum absolute atomic E-state index is 13.0. The van der Waals surface area contributed by atoms with Gasteiger partial charge < -0.3 is 10.6 Å². The third-order valence-corrected chi connectivity index (χ3v) is 3.70. The molecule has 1 aliphatic heterocycles. The molecule has 0 saturated heterocycles. The number of hydrogen-bond donors (Lipinski definition) is 1. The zero-order valence-corrected chi connectivity index (χ0v) is 12.2. The molecule has 3 nitrogen and oxygen atoms in total. The van der Waals surface area contributed by atoms with Crippen LogP contribution in [0, 0.1) is 11.2 Å². The summed E-state index contributed by atoms with van der Waals surface area (Å²) in [4.78, 5) is 14.1. The van der Waals surface area contributed by atoms with Crippen LogP contribution in [-0.2, 0) is 0 Å². The zero-order valence-electron chi connectivity index (χ0n) is 12.2. The molecule has 1 aromatic rings. The first-order valence-corrected chi connectivity index (χ1v) is 6.83. The number of carbonyl (C=O) groups excluding carboxylic acids is 1. The molecule has 0 fully saturated rings. The third kappa shape index (κ3) is 3.00. The maximum atomic E-state index is 13.0. The Balaban J connectivity index is 2.14. The van der Waals surface area contributed by atoms with Crippen LogP contribution in [0.4, 0.5) is 10.1 Å². The van der Waals surface area contributed by atoms with Gasteiger partial charge in [-0.25, -0.2) is 4.39 Å². The van der Waals surface area contributed by atoms with Crippen molar-refractivity contribution in [1.82, 2.24) is 4.90 Å². The van der Waals surface area contributed by atoms with E-state index in [9.17, 15) is 9.18 Å². The number of hydrogen-bond acceptors (Lipinski definition) is 2. The fourth-order valence-corrected chi connectivity index (χ4v) is 2.43. The smallest absolute Gasteiger partial charge is 0.256 e. The summed E-state index contributed by atoms with van der Waals surface area (Å²) in [5.74, 6) is -0.556. The molecule has 0 aliphatic carbocycles. The van der Waals surface area contributed by atoms with Crippen LogP contribution in [0.2, 0.25) is 0 Å². The zero-order chi connectivity index (χ0) is 14.9. The highest BCUT2D eigenvalue weighted by Gasteiger charge is 2.25. The average Bonchev–Trinajstić information content (AvgIpc) is 2.37. The predicted octanol–water partition coefficient (Wildman–Crippen LogP) is 3.23. The van der Waals surface area contributed by atoms with E-state index in [0.29, 0.717) is 18.7 Å². The number of anilines is 1. The normalized spacial score (nSPS) is 16.0. The quantitative estimate of drug-likeness (QED) is 0.632. The highest BCUT2D eigenvalue weighted by atomic mass is 19.1. The van der Waals surface area contributed by atoms with E-state index in [1.807, 2.05) is 0 Å². The molecule has 1 aliphatic rings. The van der Waals surface area contributed by atoms with E-state index in [1.165, 1.54) is 23.8 Å². The van der Waals surface area contributed by atoms with Crippen molar-refractivity contribution in [3.05, 3.63) is 41.2 Å². The van der Waals surface area contributed by atoms with E-state index in [2.05, 4.69) is 26.8 Å². The van der Waals surface area contributed by atoms with Crippen LogP contribution in [0.25, 0.3) is 0 Å². The van der Waals surface area contributed by atoms with Crippen LogP contribution in [0.1, 0.15) is 37.6 Å². The lowest BCUT2D eigenvalue weighted by molar-refractivity contribution is 0.0766. The van der Waals surface area contributed by atoms with E-state index in [1.54, 1.807) is 4.90 Å². The van der Waals surface area contributed by atoms with Gasteiger partial charge in [0.1, 0.15) is 5.82 Å². The highest BCUT2D eigenvalue weighted by Crippen LogP contribution is 2.30. The Labute approximate surface area is 119 Å². The Morgan fingerprint density at radius 3 is 2.55 bits per heavy atom. The first kappa shape index (κ1) is 14.6. The summed E-state index contributed by atoms with van der Waals surface area (Å²) in [5, 5.41) is 0. The Hall–Kier alpha value is -1.84. The molecule has 0 radical (unpaired) electrons. The number of rotatable bonds is 1. The van der Waals surface area contributed by atoms with Crippen LogP contribution in [0.5, 0.6) is 0 Å². The minimum Gasteiger partial charge on any atom is -0.398 e. The van der Waals surface area contributed by atoms with Gasteiger partial charge in [-0.2, -0.15) is 0 Å². The van der Waals surface area contributed by atoms with Crippen molar-refractivity contribution in [2.45, 2.75) is 27.2 Å². The van der Waals surface area contributed by atoms with Crippen molar-refractivity contribution < 1.29 is 9.18 Å². The first-order chi connectivity index (χ1) is 9.29. The van der Waals surface area contributed by atoms with E-state index in [4.69, 9.17) is 5.73 Å². The SMILES string of the molecule is CC(C)(C)C1=CCN(C(=O)c2ccc(F)cc2N)CC1. The van der Waals surface area contributed by atoms with Crippen molar-refractivity contribution in [3.8, 4) is 0 Å². The molecule has 0 spiro atoms. The number of nitrogens with zero attached hydrogens (tertiary/aromatic N) is 1. The van der Waals surface area contributed by atoms with Gasteiger partial charge in [-0.1, -0.05) is 32.4 Å². The Morgan fingerprint density at radius 1 is 1.35 bits per heavy atom. The van der Waals surface area contributed by atoms with Crippen molar-refractivity contribution in [1.29, 1.82) is 0 Å². The fraction of sp³-hybridized carbons (Fsp3) is 0.438. The summed E-state index contributed by atoms with van der Waals surface area (Å²) in [6, 6.07) is 3.91. The van der Waals surface area contributed by atoms with E-state index in [-0.39, 0.29) is 17.0 Å². The summed E-state index contributed by atoms with van der Waals surface area (Å²) >= 11 is 0. The fourth-order valence-electron chi connectivity index (χ4n) is 2.43. The number of benzene rings is 1. The lowest BCUT2D eigenvalue weighted by atomic mass is 9.83. The maximum Gasteiger partial charge on any atom is 0.256 e. The van der Waals surface area contributed by atoms with Crippen LogP contribution >= 0.6 is 0 Å². The topological polar surface area (TPSA) is 46.3 Å². The molecular weight excluding hydrogens is 255 g/mol. The van der Waals surface area contributed by atoms with E-state index < -0.39 is 5.82 Å². The lowest BCUT2D eigenvalue weighted by Crippen LogP contribution is -2.36. The molecule has 20 heavy (non-hydrogen) atoms. The largest absolute Gasteiger partial charge is 0.398 e. The van der Waals surface area contributed by atoms with Crippen molar-refractivity contribution in [2.24, 2.45) is 5.41 Å². The number of nitrogen functional groups attached to an aromatic ring is 1. The van der Waals surface area contributed by atoms with Crippen LogP contribution in [-0.4, -0.2) is 23.9 Å². The number of amides is 1. The van der Waals surface area contributed by atoms with Gasteiger partial charge in [-0.15, -0.1) is 0 Å². The van der Waals surface area contributed by atoms with Gasteiger partial charge in [-0.05, 0) is 30.0 Å². The van der Waals surface area contributed by atoms with Gasteiger partial charge in [0.2, 0.25) is 0 Å². The Bertz CT molecular complexity index is 558. The second-order valence-corrected chi connectivity index (χ2v) is 6.21. The molecule has 1 aromatic carbocycles. The molecule has 4 heteroatoms. The summed E-state index contributed by atoms with van der Waals surface area (Å²) in [6.45, 7) is 7.79. The molecule has 2 N–H and O–H groups in total. The number of nitrogens with two attached hydrogens (primary N) is 1. The molecule has 0 unspecified atom stereocenters. The van der Waals surface area contributed by atoms with E-state index in [0.717, 1.165) is 6.42 Å². The minimum absolute atomic E-state index is 0.133. The summed E-state index contributed by atoms with van der Waals surface area (Å²) in [5.41, 5.74) is 7.80. The van der Waals surface area contributed by atoms with Gasteiger partial charge in [-0.3, -0.25) is 4.79 Å². The predicted molar refractivity (Wildman–Crippen MR) is 78.9 cm³/mol. The average molecular weight is 276 g/mol. The molecule has 0 saturated carbocycles. The van der Waals surface area contributed by atoms with Gasteiger partial charge in [0.05, 0.1) is 5.56 Å². The van der Waals surface area contributed by atoms with Crippen LogP contribution < -0.4 is 5.73 Å². The highest BCUT2D eigenvalue weighted by molar-refractivity contribution is 5.99. The van der Waals surface area contributed by atoms with E-state index >= 15 is 0 Å². The van der Waals surface area contributed by atoms with Crippen LogP contribution in [0.15, 0.2) is 29.8 Å². The van der Waals surface area contributed by atoms with Gasteiger partial charge >= 0.3 is 0 Å². The molecular formula is C16H21FN2O. The molecule has 0 bridgehead atoms. The van der Waals surface area contributed by atoms with Crippen molar-refractivity contribution >= 4 is 11.6 Å². The Morgan fingerprint density at radius 2 is 2.05 bits per heavy atom. The van der Waals surface area contributed by atoms with Gasteiger partial charge in [0.25, 0.3) is 5.91 Å². The molecule has 1 heterocycles. The van der Waals surface area contributed by atoms with Crippen molar-refractivity contribution in [3.63, 3.8) is 0 Å². The van der Waals surface area contributed by atoms with Gasteiger partial charge in [0, 0.05) is 18.8 Å². The lowest BCUT2D eigenvalue weighted by Gasteiger charge is -2.32. The molecule has 1 amide bonds. The monoisotopic (exact) mass is 276 g/mol. The number of carbonyl (C=O) groups is 1. The first-order valence-electron chi connectivity index (χ1n) is 6.83. The molecule has 2 rings (SSSR count). The number of halogens is 1. The standard InChI is InChI=1S/C16H21FN2O/c1-16(2,3)11-6-8-19(9-7-11)15(20)13-5-4-12(17)10-14(13)18/h4-6,10H,7-9,18H2,1-3H3. The minimum atomic E-state index is -0.424. The summed E-state index contributed by atoms with van der Waals surface area (Å²) in [6.07, 6.45) is 2.98. The second-order valence-electron chi connectivity index (χ2n) is 6.21. The summed E-state index contributed by atoms with van der Waals surface area (Å²) < 4.78 is 13.0.